The number of aryl methyl sites for hydroxylation is 1. The Morgan fingerprint density at radius 3 is 2.45 bits per heavy atom. The van der Waals surface area contributed by atoms with E-state index in [4.69, 9.17) is 5.73 Å². The molecule has 3 heterocycles. The first-order valence-corrected chi connectivity index (χ1v) is 13.9. The lowest BCUT2D eigenvalue weighted by atomic mass is 9.98. The van der Waals surface area contributed by atoms with Crippen LogP contribution in [0.25, 0.3) is 27.9 Å². The maximum Gasteiger partial charge on any atom is 0.266 e. The van der Waals surface area contributed by atoms with Crippen LogP contribution >= 0.6 is 15.9 Å². The van der Waals surface area contributed by atoms with Crippen LogP contribution in [-0.4, -0.2) is 32.2 Å². The van der Waals surface area contributed by atoms with Gasteiger partial charge in [0, 0.05) is 64.3 Å². The molecular formula is C31H27BrF2N6O2. The van der Waals surface area contributed by atoms with Gasteiger partial charge in [-0.2, -0.15) is 5.10 Å². The Balaban J connectivity index is 1.46. The molecule has 0 aliphatic heterocycles. The van der Waals surface area contributed by atoms with Crippen LogP contribution in [0.2, 0.25) is 0 Å². The quantitative estimate of drug-likeness (QED) is 0.206. The van der Waals surface area contributed by atoms with E-state index in [1.54, 1.807) is 42.3 Å². The fourth-order valence-corrected chi connectivity index (χ4v) is 5.26. The number of carbonyl (C=O) groups is 1. The SMILES string of the molecule is CCn1cc(-c2cnc(N)c(-c3ccc(CC(=O)c4cc(Br)c(CNC)n(-c5ccc(F)cc5)c4=O)cc3F)c2)cn1. The predicted octanol–water partition coefficient (Wildman–Crippen LogP) is 5.55. The first kappa shape index (κ1) is 29.0. The van der Waals surface area contributed by atoms with Crippen molar-refractivity contribution in [3.8, 4) is 27.9 Å². The zero-order valence-corrected chi connectivity index (χ0v) is 24.5. The molecule has 0 atom stereocenters. The van der Waals surface area contributed by atoms with E-state index >= 15 is 4.39 Å². The minimum absolute atomic E-state index is 0.0793. The summed E-state index contributed by atoms with van der Waals surface area (Å²) in [6.07, 6.45) is 4.98. The summed E-state index contributed by atoms with van der Waals surface area (Å²) in [5.74, 6) is -1.35. The molecule has 2 aromatic carbocycles. The third kappa shape index (κ3) is 5.79. The summed E-state index contributed by atoms with van der Waals surface area (Å²) in [5, 5.41) is 7.28. The van der Waals surface area contributed by atoms with Crippen LogP contribution < -0.4 is 16.6 Å². The van der Waals surface area contributed by atoms with Gasteiger partial charge in [-0.1, -0.05) is 12.1 Å². The number of nitrogens with one attached hydrogen (secondary N) is 1. The maximum absolute atomic E-state index is 15.4. The molecule has 0 radical (unpaired) electrons. The molecule has 214 valence electrons. The van der Waals surface area contributed by atoms with E-state index in [9.17, 15) is 14.0 Å². The summed E-state index contributed by atoms with van der Waals surface area (Å²) in [5.41, 5.74) is 9.05. The number of hydrogen-bond donors (Lipinski definition) is 2. The summed E-state index contributed by atoms with van der Waals surface area (Å²) < 4.78 is 32.7. The lowest BCUT2D eigenvalue weighted by Crippen LogP contribution is -2.30. The molecule has 0 amide bonds. The predicted molar refractivity (Wildman–Crippen MR) is 161 cm³/mol. The van der Waals surface area contributed by atoms with Gasteiger partial charge in [0.15, 0.2) is 5.78 Å². The van der Waals surface area contributed by atoms with Crippen molar-refractivity contribution in [2.45, 2.75) is 26.4 Å². The Bertz CT molecular complexity index is 1850. The normalized spacial score (nSPS) is 11.2. The zero-order valence-electron chi connectivity index (χ0n) is 22.9. The van der Waals surface area contributed by atoms with Crippen molar-refractivity contribution in [3.63, 3.8) is 0 Å². The minimum atomic E-state index is -0.579. The molecule has 0 fully saturated rings. The molecule has 5 rings (SSSR count). The van der Waals surface area contributed by atoms with E-state index in [1.165, 1.54) is 41.0 Å². The second-order valence-electron chi connectivity index (χ2n) is 9.66. The molecule has 0 saturated heterocycles. The van der Waals surface area contributed by atoms with Gasteiger partial charge < -0.3 is 11.1 Å². The zero-order chi connectivity index (χ0) is 30.0. The molecule has 0 aliphatic rings. The van der Waals surface area contributed by atoms with Crippen molar-refractivity contribution in [1.82, 2.24) is 24.6 Å². The standard InChI is InChI=1S/C31H27BrF2N6O2/c1-3-39-17-20(15-38-39)19-12-24(30(35)37-14-19)23-9-4-18(10-27(23)34)11-29(41)25-13-26(32)28(16-36-2)40(31(25)42)22-7-5-21(33)6-8-22/h4-10,12-15,17,36H,3,11,16H2,1-2H3,(H2,35,37). The van der Waals surface area contributed by atoms with Crippen molar-refractivity contribution in [1.29, 1.82) is 0 Å². The number of nitrogens with two attached hydrogens (primary N) is 1. The average Bonchev–Trinajstić information content (AvgIpc) is 3.46. The molecule has 0 spiro atoms. The van der Waals surface area contributed by atoms with Gasteiger partial charge in [-0.05, 0) is 77.9 Å². The number of Topliss-reactive ketones (excluding diaryl/α,β-unsaturated/α-hetero) is 1. The Morgan fingerprint density at radius 2 is 1.79 bits per heavy atom. The number of pyridine rings is 2. The molecule has 42 heavy (non-hydrogen) atoms. The van der Waals surface area contributed by atoms with Gasteiger partial charge in [-0.3, -0.25) is 18.8 Å². The first-order valence-electron chi connectivity index (χ1n) is 13.2. The summed E-state index contributed by atoms with van der Waals surface area (Å²) >= 11 is 3.47. The molecule has 3 N–H and O–H groups in total. The first-order chi connectivity index (χ1) is 20.2. The maximum atomic E-state index is 15.4. The molecule has 11 heteroatoms. The number of ketones is 1. The lowest BCUT2D eigenvalue weighted by molar-refractivity contribution is 0.0991. The number of nitrogens with zero attached hydrogens (tertiary/aromatic N) is 4. The van der Waals surface area contributed by atoms with E-state index in [0.717, 1.165) is 11.1 Å². The van der Waals surface area contributed by atoms with Crippen molar-refractivity contribution >= 4 is 27.5 Å². The molecule has 5 aromatic rings. The second-order valence-corrected chi connectivity index (χ2v) is 10.5. The third-order valence-electron chi connectivity index (χ3n) is 6.88. The number of nitrogen functional groups attached to an aromatic ring is 1. The van der Waals surface area contributed by atoms with E-state index in [1.807, 2.05) is 13.1 Å². The molecule has 0 saturated carbocycles. The number of carbonyl (C=O) groups excluding carboxylic acids is 1. The van der Waals surface area contributed by atoms with Crippen molar-refractivity contribution in [2.75, 3.05) is 12.8 Å². The summed E-state index contributed by atoms with van der Waals surface area (Å²) in [6, 6.07) is 13.1. The Hall–Kier alpha value is -4.48. The van der Waals surface area contributed by atoms with Crippen LogP contribution in [0, 0.1) is 11.6 Å². The molecule has 0 unspecified atom stereocenters. The highest BCUT2D eigenvalue weighted by molar-refractivity contribution is 9.10. The van der Waals surface area contributed by atoms with Gasteiger partial charge in [0.25, 0.3) is 5.56 Å². The highest BCUT2D eigenvalue weighted by atomic mass is 79.9. The monoisotopic (exact) mass is 632 g/mol. The third-order valence-corrected chi connectivity index (χ3v) is 7.56. The molecular weight excluding hydrogens is 606 g/mol. The molecule has 0 bridgehead atoms. The van der Waals surface area contributed by atoms with E-state index in [-0.39, 0.29) is 23.4 Å². The van der Waals surface area contributed by atoms with Gasteiger partial charge in [-0.25, -0.2) is 13.8 Å². The van der Waals surface area contributed by atoms with E-state index < -0.39 is 23.0 Å². The van der Waals surface area contributed by atoms with Gasteiger partial charge in [-0.15, -0.1) is 0 Å². The number of hydrogen-bond acceptors (Lipinski definition) is 6. The van der Waals surface area contributed by atoms with Crippen LogP contribution in [0.3, 0.4) is 0 Å². The van der Waals surface area contributed by atoms with Crippen LogP contribution in [0.5, 0.6) is 0 Å². The van der Waals surface area contributed by atoms with Crippen LogP contribution in [0.4, 0.5) is 14.6 Å². The molecule has 3 aromatic heterocycles. The minimum Gasteiger partial charge on any atom is -0.383 e. The smallest absolute Gasteiger partial charge is 0.266 e. The van der Waals surface area contributed by atoms with Gasteiger partial charge in [0.1, 0.15) is 17.5 Å². The highest BCUT2D eigenvalue weighted by Gasteiger charge is 2.21. The molecule has 8 nitrogen and oxygen atoms in total. The van der Waals surface area contributed by atoms with E-state index in [0.29, 0.717) is 40.1 Å². The Morgan fingerprint density at radius 1 is 1.02 bits per heavy atom. The Labute approximate surface area is 249 Å². The van der Waals surface area contributed by atoms with Crippen LogP contribution in [0.1, 0.15) is 28.5 Å². The van der Waals surface area contributed by atoms with E-state index in [2.05, 4.69) is 31.3 Å². The van der Waals surface area contributed by atoms with Crippen molar-refractivity contribution in [3.05, 3.63) is 116 Å². The number of benzene rings is 2. The fourth-order valence-electron chi connectivity index (χ4n) is 4.72. The van der Waals surface area contributed by atoms with Gasteiger partial charge in [0.2, 0.25) is 0 Å². The van der Waals surface area contributed by atoms with Crippen LogP contribution in [0.15, 0.2) is 82.5 Å². The van der Waals surface area contributed by atoms with Crippen LogP contribution in [-0.2, 0) is 19.5 Å². The van der Waals surface area contributed by atoms with Crippen molar-refractivity contribution < 1.29 is 13.6 Å². The fraction of sp³-hybridized carbons (Fsp3) is 0.161. The van der Waals surface area contributed by atoms with Crippen molar-refractivity contribution in [2.24, 2.45) is 0 Å². The highest BCUT2D eigenvalue weighted by Crippen LogP contribution is 2.32. The summed E-state index contributed by atoms with van der Waals surface area (Å²) in [7, 11) is 1.73. The van der Waals surface area contributed by atoms with Gasteiger partial charge >= 0.3 is 0 Å². The number of halogens is 3. The second kappa shape index (κ2) is 12.2. The number of rotatable bonds is 9. The topological polar surface area (TPSA) is 108 Å². The lowest BCUT2D eigenvalue weighted by Gasteiger charge is -2.16. The number of aromatic nitrogens is 4. The largest absolute Gasteiger partial charge is 0.383 e. The summed E-state index contributed by atoms with van der Waals surface area (Å²) in [6.45, 7) is 3.00. The Kier molecular flexibility index (Phi) is 8.41. The summed E-state index contributed by atoms with van der Waals surface area (Å²) in [4.78, 5) is 31.2. The van der Waals surface area contributed by atoms with Gasteiger partial charge in [0.05, 0.1) is 17.5 Å². The average molecular weight is 633 g/mol. The number of anilines is 1. The molecule has 0 aliphatic carbocycles.